The SMILES string of the molecule is CC(=O)Nc1cc(Cl)cc2c1CN(C1CCC(=O)NC1=O)C2=O. The van der Waals surface area contributed by atoms with Gasteiger partial charge in [-0.1, -0.05) is 11.6 Å². The number of nitrogens with zero attached hydrogens (tertiary/aromatic N) is 1. The van der Waals surface area contributed by atoms with Crippen molar-refractivity contribution in [1.29, 1.82) is 0 Å². The fourth-order valence-corrected chi connectivity index (χ4v) is 3.15. The molecular formula is C15H14ClN3O4. The number of halogens is 1. The van der Waals surface area contributed by atoms with E-state index >= 15 is 0 Å². The number of fused-ring (bicyclic) bond motifs is 1. The maximum Gasteiger partial charge on any atom is 0.255 e. The van der Waals surface area contributed by atoms with E-state index in [-0.39, 0.29) is 37.1 Å². The normalized spacial score (nSPS) is 20.3. The van der Waals surface area contributed by atoms with Gasteiger partial charge in [0.1, 0.15) is 6.04 Å². The maximum absolute atomic E-state index is 12.6. The number of carbonyl (C=O) groups is 4. The van der Waals surface area contributed by atoms with Crippen molar-refractivity contribution in [1.82, 2.24) is 10.2 Å². The molecule has 1 saturated heterocycles. The zero-order valence-corrected chi connectivity index (χ0v) is 13.1. The molecule has 1 atom stereocenters. The minimum atomic E-state index is -0.698. The molecule has 120 valence electrons. The summed E-state index contributed by atoms with van der Waals surface area (Å²) in [6, 6.07) is 2.40. The van der Waals surface area contributed by atoms with Gasteiger partial charge in [0, 0.05) is 41.7 Å². The quantitative estimate of drug-likeness (QED) is 0.790. The van der Waals surface area contributed by atoms with Crippen LogP contribution in [0.3, 0.4) is 0 Å². The average Bonchev–Trinajstić information content (AvgIpc) is 2.76. The summed E-state index contributed by atoms with van der Waals surface area (Å²) < 4.78 is 0. The van der Waals surface area contributed by atoms with E-state index in [0.29, 0.717) is 21.8 Å². The minimum Gasteiger partial charge on any atom is -0.326 e. The summed E-state index contributed by atoms with van der Waals surface area (Å²) in [5, 5.41) is 5.22. The van der Waals surface area contributed by atoms with Crippen molar-refractivity contribution in [2.45, 2.75) is 32.4 Å². The lowest BCUT2D eigenvalue weighted by atomic mass is 10.0. The van der Waals surface area contributed by atoms with Gasteiger partial charge in [0.05, 0.1) is 0 Å². The van der Waals surface area contributed by atoms with Crippen molar-refractivity contribution >= 4 is 40.9 Å². The van der Waals surface area contributed by atoms with Gasteiger partial charge in [-0.25, -0.2) is 0 Å². The third kappa shape index (κ3) is 2.79. The van der Waals surface area contributed by atoms with Gasteiger partial charge in [0.25, 0.3) is 5.91 Å². The van der Waals surface area contributed by atoms with Crippen LogP contribution in [0.2, 0.25) is 5.02 Å². The molecule has 23 heavy (non-hydrogen) atoms. The second-order valence-corrected chi connectivity index (χ2v) is 6.00. The molecule has 0 saturated carbocycles. The van der Waals surface area contributed by atoms with Crippen LogP contribution in [0.5, 0.6) is 0 Å². The first-order chi connectivity index (χ1) is 10.9. The first-order valence-electron chi connectivity index (χ1n) is 7.11. The monoisotopic (exact) mass is 335 g/mol. The Morgan fingerprint density at radius 1 is 1.35 bits per heavy atom. The summed E-state index contributed by atoms with van der Waals surface area (Å²) in [6.07, 6.45) is 0.476. The fraction of sp³-hybridized carbons (Fsp3) is 0.333. The molecule has 3 rings (SSSR count). The van der Waals surface area contributed by atoms with E-state index in [2.05, 4.69) is 10.6 Å². The molecule has 0 bridgehead atoms. The van der Waals surface area contributed by atoms with Crippen molar-refractivity contribution in [3.05, 3.63) is 28.3 Å². The van der Waals surface area contributed by atoms with Crippen LogP contribution in [0, 0.1) is 0 Å². The summed E-state index contributed by atoms with van der Waals surface area (Å²) in [5.41, 5.74) is 1.45. The van der Waals surface area contributed by atoms with Crippen molar-refractivity contribution in [2.75, 3.05) is 5.32 Å². The molecule has 0 radical (unpaired) electrons. The van der Waals surface area contributed by atoms with Crippen molar-refractivity contribution in [2.24, 2.45) is 0 Å². The zero-order chi connectivity index (χ0) is 16.7. The van der Waals surface area contributed by atoms with Crippen molar-refractivity contribution in [3.63, 3.8) is 0 Å². The third-order valence-electron chi connectivity index (χ3n) is 3.93. The Morgan fingerprint density at radius 2 is 2.09 bits per heavy atom. The van der Waals surface area contributed by atoms with Crippen LogP contribution >= 0.6 is 11.6 Å². The fourth-order valence-electron chi connectivity index (χ4n) is 2.93. The predicted molar refractivity (Wildman–Crippen MR) is 81.8 cm³/mol. The van der Waals surface area contributed by atoms with Gasteiger partial charge in [0.15, 0.2) is 0 Å². The van der Waals surface area contributed by atoms with Crippen LogP contribution in [0.1, 0.15) is 35.7 Å². The molecule has 2 aliphatic heterocycles. The van der Waals surface area contributed by atoms with Crippen LogP contribution in [-0.4, -0.2) is 34.6 Å². The molecule has 1 unspecified atom stereocenters. The van der Waals surface area contributed by atoms with Crippen molar-refractivity contribution in [3.8, 4) is 0 Å². The Morgan fingerprint density at radius 3 is 2.74 bits per heavy atom. The van der Waals surface area contributed by atoms with Gasteiger partial charge in [-0.2, -0.15) is 0 Å². The third-order valence-corrected chi connectivity index (χ3v) is 4.15. The number of hydrogen-bond donors (Lipinski definition) is 2. The molecule has 7 nitrogen and oxygen atoms in total. The highest BCUT2D eigenvalue weighted by Gasteiger charge is 2.40. The molecule has 4 amide bonds. The summed E-state index contributed by atoms with van der Waals surface area (Å²) in [4.78, 5) is 48.6. The standard InChI is InChI=1S/C15H14ClN3O4/c1-7(20)17-11-5-8(16)4-9-10(11)6-19(15(9)23)12-2-3-13(21)18-14(12)22/h4-5,12H,2-3,6H2,1H3,(H,17,20)(H,18,21,22). The molecule has 0 aliphatic carbocycles. The van der Waals surface area contributed by atoms with E-state index in [0.717, 1.165) is 0 Å². The second kappa shape index (κ2) is 5.66. The number of anilines is 1. The highest BCUT2D eigenvalue weighted by atomic mass is 35.5. The minimum absolute atomic E-state index is 0.188. The molecule has 8 heteroatoms. The van der Waals surface area contributed by atoms with Crippen LogP contribution < -0.4 is 10.6 Å². The van der Waals surface area contributed by atoms with Crippen molar-refractivity contribution < 1.29 is 19.2 Å². The maximum atomic E-state index is 12.6. The number of rotatable bonds is 2. The smallest absolute Gasteiger partial charge is 0.255 e. The first-order valence-corrected chi connectivity index (χ1v) is 7.49. The second-order valence-electron chi connectivity index (χ2n) is 5.56. The Bertz CT molecular complexity index is 746. The summed E-state index contributed by atoms with van der Waals surface area (Å²) >= 11 is 6.01. The van der Waals surface area contributed by atoms with E-state index in [1.54, 1.807) is 6.07 Å². The Kier molecular flexibility index (Phi) is 3.81. The summed E-state index contributed by atoms with van der Waals surface area (Å²) in [5.74, 6) is -1.42. The largest absolute Gasteiger partial charge is 0.326 e. The topological polar surface area (TPSA) is 95.6 Å². The van der Waals surface area contributed by atoms with Crippen LogP contribution in [0.4, 0.5) is 5.69 Å². The van der Waals surface area contributed by atoms with Crippen LogP contribution in [0.25, 0.3) is 0 Å². The first kappa shape index (κ1) is 15.5. The van der Waals surface area contributed by atoms with E-state index in [1.807, 2.05) is 0 Å². The van der Waals surface area contributed by atoms with E-state index in [4.69, 9.17) is 11.6 Å². The molecule has 0 aromatic heterocycles. The number of hydrogen-bond acceptors (Lipinski definition) is 4. The summed E-state index contributed by atoms with van der Waals surface area (Å²) in [7, 11) is 0. The molecule has 2 N–H and O–H groups in total. The number of benzene rings is 1. The number of imide groups is 1. The van der Waals surface area contributed by atoms with Crippen LogP contribution in [-0.2, 0) is 20.9 Å². The van der Waals surface area contributed by atoms with Gasteiger partial charge in [-0.05, 0) is 18.6 Å². The Labute approximate surface area is 137 Å². The molecule has 0 spiro atoms. The number of nitrogens with one attached hydrogen (secondary N) is 2. The van der Waals surface area contributed by atoms with E-state index in [1.165, 1.54) is 17.9 Å². The van der Waals surface area contributed by atoms with Gasteiger partial charge >= 0.3 is 0 Å². The molecule has 1 fully saturated rings. The predicted octanol–water partition coefficient (Wildman–Crippen LogP) is 1.06. The van der Waals surface area contributed by atoms with Crippen LogP contribution in [0.15, 0.2) is 12.1 Å². The Balaban J connectivity index is 1.94. The number of piperidine rings is 1. The highest BCUT2D eigenvalue weighted by molar-refractivity contribution is 6.31. The molecule has 1 aromatic carbocycles. The van der Waals surface area contributed by atoms with E-state index < -0.39 is 11.9 Å². The average molecular weight is 336 g/mol. The molecule has 1 aromatic rings. The molecule has 2 heterocycles. The lowest BCUT2D eigenvalue weighted by Gasteiger charge is -2.29. The molecule has 2 aliphatic rings. The number of carbonyl (C=O) groups excluding carboxylic acids is 4. The molecular weight excluding hydrogens is 322 g/mol. The van der Waals surface area contributed by atoms with Gasteiger partial charge in [-0.15, -0.1) is 0 Å². The summed E-state index contributed by atoms with van der Waals surface area (Å²) in [6.45, 7) is 1.55. The number of amides is 4. The zero-order valence-electron chi connectivity index (χ0n) is 12.3. The van der Waals surface area contributed by atoms with E-state index in [9.17, 15) is 19.2 Å². The highest BCUT2D eigenvalue weighted by Crippen LogP contribution is 2.34. The Hall–Kier alpha value is -2.41. The van der Waals surface area contributed by atoms with Gasteiger partial charge < -0.3 is 10.2 Å². The lowest BCUT2D eigenvalue weighted by molar-refractivity contribution is -0.137. The lowest BCUT2D eigenvalue weighted by Crippen LogP contribution is -2.52. The van der Waals surface area contributed by atoms with Gasteiger partial charge in [-0.3, -0.25) is 24.5 Å². The van der Waals surface area contributed by atoms with Gasteiger partial charge in [0.2, 0.25) is 17.7 Å².